The monoisotopic (exact) mass is 290 g/mol. The number of hydrogen-bond acceptors (Lipinski definition) is 4. The van der Waals surface area contributed by atoms with Gasteiger partial charge in [-0.1, -0.05) is 11.6 Å². The lowest BCUT2D eigenvalue weighted by Crippen LogP contribution is -2.50. The summed E-state index contributed by atoms with van der Waals surface area (Å²) < 4.78 is 32.0. The van der Waals surface area contributed by atoms with E-state index in [2.05, 4.69) is 4.72 Å². The molecule has 1 fully saturated rings. The van der Waals surface area contributed by atoms with Crippen molar-refractivity contribution in [2.45, 2.75) is 29.8 Å². The third-order valence-electron chi connectivity index (χ3n) is 2.91. The molecule has 5 nitrogen and oxygen atoms in total. The Hall–Kier alpha value is -0.820. The Morgan fingerprint density at radius 1 is 1.44 bits per heavy atom. The van der Waals surface area contributed by atoms with Crippen molar-refractivity contribution in [3.05, 3.63) is 23.2 Å². The highest BCUT2D eigenvalue weighted by Crippen LogP contribution is 2.28. The van der Waals surface area contributed by atoms with Crippen molar-refractivity contribution in [1.29, 1.82) is 0 Å². The third kappa shape index (κ3) is 2.77. The molecule has 0 spiro atoms. The van der Waals surface area contributed by atoms with Crippen molar-refractivity contribution < 1.29 is 13.2 Å². The summed E-state index contributed by atoms with van der Waals surface area (Å²) in [5.74, 6) is 0.235. The molecule has 0 bridgehead atoms. The van der Waals surface area contributed by atoms with Gasteiger partial charge in [-0.3, -0.25) is 0 Å². The second-order valence-corrected chi connectivity index (χ2v) is 6.46. The van der Waals surface area contributed by atoms with Gasteiger partial charge in [0.1, 0.15) is 10.6 Å². The standard InChI is InChI=1S/C11H15ClN2O3S/c1-17-10-4-7(12)2-3-11(10)18(15,16)14-9-5-8(13)6-9/h2-4,8-9,14H,5-6,13H2,1H3. The second kappa shape index (κ2) is 5.05. The maximum Gasteiger partial charge on any atom is 0.244 e. The number of nitrogens with one attached hydrogen (secondary N) is 1. The van der Waals surface area contributed by atoms with Crippen molar-refractivity contribution in [2.24, 2.45) is 5.73 Å². The van der Waals surface area contributed by atoms with Gasteiger partial charge in [0.2, 0.25) is 10.0 Å². The van der Waals surface area contributed by atoms with Gasteiger partial charge < -0.3 is 10.5 Å². The molecule has 3 N–H and O–H groups in total. The van der Waals surface area contributed by atoms with Crippen LogP contribution in [0.25, 0.3) is 0 Å². The zero-order chi connectivity index (χ0) is 13.3. The summed E-state index contributed by atoms with van der Waals surface area (Å²) in [5.41, 5.74) is 5.63. The molecule has 0 amide bonds. The summed E-state index contributed by atoms with van der Waals surface area (Å²) in [6.45, 7) is 0. The van der Waals surface area contributed by atoms with Crippen LogP contribution in [0, 0.1) is 0 Å². The zero-order valence-electron chi connectivity index (χ0n) is 9.89. The van der Waals surface area contributed by atoms with Gasteiger partial charge in [-0.05, 0) is 25.0 Å². The first-order chi connectivity index (χ1) is 8.42. The van der Waals surface area contributed by atoms with E-state index in [1.165, 1.54) is 25.3 Å². The van der Waals surface area contributed by atoms with Crippen molar-refractivity contribution in [1.82, 2.24) is 4.72 Å². The highest BCUT2D eigenvalue weighted by molar-refractivity contribution is 7.89. The van der Waals surface area contributed by atoms with Crippen molar-refractivity contribution in [3.63, 3.8) is 0 Å². The highest BCUT2D eigenvalue weighted by Gasteiger charge is 2.31. The Morgan fingerprint density at radius 2 is 2.11 bits per heavy atom. The SMILES string of the molecule is COc1cc(Cl)ccc1S(=O)(=O)NC1CC(N)C1. The molecule has 0 atom stereocenters. The fourth-order valence-corrected chi connectivity index (χ4v) is 3.48. The van der Waals surface area contributed by atoms with Gasteiger partial charge in [0.15, 0.2) is 0 Å². The minimum atomic E-state index is -3.59. The number of methoxy groups -OCH3 is 1. The van der Waals surface area contributed by atoms with E-state index < -0.39 is 10.0 Å². The van der Waals surface area contributed by atoms with E-state index >= 15 is 0 Å². The molecular formula is C11H15ClN2O3S. The lowest BCUT2D eigenvalue weighted by Gasteiger charge is -2.32. The quantitative estimate of drug-likeness (QED) is 0.870. The summed E-state index contributed by atoms with van der Waals surface area (Å²) in [6, 6.07) is 4.42. The molecule has 18 heavy (non-hydrogen) atoms. The Balaban J connectivity index is 2.24. The van der Waals surface area contributed by atoms with E-state index in [4.69, 9.17) is 22.1 Å². The van der Waals surface area contributed by atoms with E-state index in [0.29, 0.717) is 17.9 Å². The molecule has 0 aliphatic heterocycles. The van der Waals surface area contributed by atoms with Gasteiger partial charge in [0.05, 0.1) is 7.11 Å². The van der Waals surface area contributed by atoms with Crippen LogP contribution in [0.3, 0.4) is 0 Å². The molecule has 0 heterocycles. The predicted octanol–water partition coefficient (Wildman–Crippen LogP) is 1.12. The van der Waals surface area contributed by atoms with Gasteiger partial charge in [0.25, 0.3) is 0 Å². The number of ether oxygens (including phenoxy) is 1. The number of nitrogens with two attached hydrogens (primary N) is 1. The maximum absolute atomic E-state index is 12.2. The normalized spacial score (nSPS) is 23.5. The van der Waals surface area contributed by atoms with Crippen molar-refractivity contribution in [3.8, 4) is 5.75 Å². The number of hydrogen-bond donors (Lipinski definition) is 2. The van der Waals surface area contributed by atoms with Crippen LogP contribution in [0.4, 0.5) is 0 Å². The average Bonchev–Trinajstić information content (AvgIpc) is 2.26. The minimum Gasteiger partial charge on any atom is -0.495 e. The van der Waals surface area contributed by atoms with Crippen molar-refractivity contribution >= 4 is 21.6 Å². The van der Waals surface area contributed by atoms with Crippen LogP contribution < -0.4 is 15.2 Å². The molecule has 0 unspecified atom stereocenters. The summed E-state index contributed by atoms with van der Waals surface area (Å²) in [4.78, 5) is 0.0925. The van der Waals surface area contributed by atoms with Gasteiger partial charge in [-0.25, -0.2) is 13.1 Å². The van der Waals surface area contributed by atoms with Crippen LogP contribution in [0.1, 0.15) is 12.8 Å². The largest absolute Gasteiger partial charge is 0.495 e. The molecule has 7 heteroatoms. The van der Waals surface area contributed by atoms with E-state index in [1.807, 2.05) is 0 Å². The lowest BCUT2D eigenvalue weighted by molar-refractivity contribution is 0.326. The molecule has 0 radical (unpaired) electrons. The van der Waals surface area contributed by atoms with E-state index in [9.17, 15) is 8.42 Å². The first-order valence-electron chi connectivity index (χ1n) is 5.54. The average molecular weight is 291 g/mol. The zero-order valence-corrected chi connectivity index (χ0v) is 11.5. The van der Waals surface area contributed by atoms with E-state index in [0.717, 1.165) is 0 Å². The first kappa shape index (κ1) is 13.6. The van der Waals surface area contributed by atoms with Crippen LogP contribution in [0.5, 0.6) is 5.75 Å². The van der Waals surface area contributed by atoms with E-state index in [-0.39, 0.29) is 22.7 Å². The first-order valence-corrected chi connectivity index (χ1v) is 7.40. The predicted molar refractivity (Wildman–Crippen MR) is 69.3 cm³/mol. The smallest absolute Gasteiger partial charge is 0.244 e. The Kier molecular flexibility index (Phi) is 3.82. The van der Waals surface area contributed by atoms with Gasteiger partial charge >= 0.3 is 0 Å². The Bertz CT molecular complexity index is 541. The Labute approximate surface area is 111 Å². The number of benzene rings is 1. The van der Waals surface area contributed by atoms with Gasteiger partial charge in [-0.2, -0.15) is 0 Å². The molecule has 1 aromatic rings. The molecule has 0 aromatic heterocycles. The van der Waals surface area contributed by atoms with Crippen LogP contribution in [0.2, 0.25) is 5.02 Å². The van der Waals surface area contributed by atoms with Crippen molar-refractivity contribution in [2.75, 3.05) is 7.11 Å². The minimum absolute atomic E-state index is 0.0878. The van der Waals surface area contributed by atoms with Gasteiger partial charge in [0, 0.05) is 23.2 Å². The van der Waals surface area contributed by atoms with Crippen LogP contribution in [-0.2, 0) is 10.0 Å². The molecule has 2 rings (SSSR count). The van der Waals surface area contributed by atoms with Crippen LogP contribution >= 0.6 is 11.6 Å². The fraction of sp³-hybridized carbons (Fsp3) is 0.455. The van der Waals surface area contributed by atoms with Crippen LogP contribution in [0.15, 0.2) is 23.1 Å². The molecular weight excluding hydrogens is 276 g/mol. The van der Waals surface area contributed by atoms with E-state index in [1.54, 1.807) is 0 Å². The molecule has 1 aromatic carbocycles. The summed E-state index contributed by atoms with van der Waals surface area (Å²) >= 11 is 5.80. The third-order valence-corrected chi connectivity index (χ3v) is 4.71. The second-order valence-electron chi connectivity index (χ2n) is 4.34. The summed E-state index contributed by atoms with van der Waals surface area (Å²) in [7, 11) is -2.19. The molecule has 0 saturated heterocycles. The topological polar surface area (TPSA) is 81.4 Å². The highest BCUT2D eigenvalue weighted by atomic mass is 35.5. The summed E-state index contributed by atoms with van der Waals surface area (Å²) in [5, 5.41) is 0.427. The maximum atomic E-state index is 12.2. The van der Waals surface area contributed by atoms with Gasteiger partial charge in [-0.15, -0.1) is 0 Å². The summed E-state index contributed by atoms with van der Waals surface area (Å²) in [6.07, 6.45) is 1.32. The molecule has 1 aliphatic carbocycles. The molecule has 1 saturated carbocycles. The Morgan fingerprint density at radius 3 is 2.67 bits per heavy atom. The number of sulfonamides is 1. The van der Waals surface area contributed by atoms with Crippen LogP contribution in [-0.4, -0.2) is 27.6 Å². The molecule has 1 aliphatic rings. The number of halogens is 1. The fourth-order valence-electron chi connectivity index (χ4n) is 1.90. The lowest BCUT2D eigenvalue weighted by atomic mass is 9.89. The molecule has 100 valence electrons. The number of rotatable bonds is 4.